The van der Waals surface area contributed by atoms with Crippen molar-refractivity contribution in [2.45, 2.75) is 6.92 Å². The summed E-state index contributed by atoms with van der Waals surface area (Å²) in [5.41, 5.74) is 0.483. The second-order valence-electron chi connectivity index (χ2n) is 5.22. The van der Waals surface area contributed by atoms with E-state index in [-0.39, 0.29) is 11.3 Å². The summed E-state index contributed by atoms with van der Waals surface area (Å²) >= 11 is 0. The number of carbonyl (C=O) groups is 3. The molecule has 1 aromatic carbocycles. The number of hydrogen-bond acceptors (Lipinski definition) is 5. The van der Waals surface area contributed by atoms with Crippen molar-refractivity contribution < 1.29 is 19.1 Å². The number of ether oxygens (including phenoxy) is 1. The number of rotatable bonds is 3. The van der Waals surface area contributed by atoms with Crippen molar-refractivity contribution in [1.29, 1.82) is 0 Å². The van der Waals surface area contributed by atoms with Crippen LogP contribution in [0.4, 0.5) is 5.69 Å². The van der Waals surface area contributed by atoms with Crippen molar-refractivity contribution in [1.82, 2.24) is 9.80 Å². The molecule has 0 saturated carbocycles. The summed E-state index contributed by atoms with van der Waals surface area (Å²) in [6, 6.07) is 6.43. The third-order valence-corrected chi connectivity index (χ3v) is 3.88. The third kappa shape index (κ3) is 4.07. The van der Waals surface area contributed by atoms with Crippen LogP contribution in [0.5, 0.6) is 0 Å². The van der Waals surface area contributed by atoms with Gasteiger partial charge in [-0.05, 0) is 18.7 Å². The minimum atomic E-state index is -0.744. The average Bonchev–Trinajstić information content (AvgIpc) is 2.61. The van der Waals surface area contributed by atoms with Gasteiger partial charge in [0.05, 0.1) is 18.4 Å². The number of para-hydroxylation sites is 1. The zero-order chi connectivity index (χ0) is 16.8. The van der Waals surface area contributed by atoms with E-state index in [1.807, 2.05) is 0 Å². The Morgan fingerprint density at radius 3 is 2.39 bits per heavy atom. The monoisotopic (exact) mass is 319 g/mol. The highest BCUT2D eigenvalue weighted by Crippen LogP contribution is 2.16. The van der Waals surface area contributed by atoms with Gasteiger partial charge in [0.1, 0.15) is 0 Å². The van der Waals surface area contributed by atoms with E-state index < -0.39 is 17.8 Å². The molecule has 0 atom stereocenters. The van der Waals surface area contributed by atoms with E-state index in [9.17, 15) is 14.4 Å². The summed E-state index contributed by atoms with van der Waals surface area (Å²) in [6.07, 6.45) is 0. The zero-order valence-corrected chi connectivity index (χ0v) is 13.4. The predicted octanol–water partition coefficient (Wildman–Crippen LogP) is 0.576. The molecule has 0 radical (unpaired) electrons. The highest BCUT2D eigenvalue weighted by molar-refractivity contribution is 6.39. The maximum Gasteiger partial charge on any atom is 0.339 e. The number of methoxy groups -OCH3 is 1. The molecule has 1 N–H and O–H groups in total. The number of esters is 1. The largest absolute Gasteiger partial charge is 0.465 e. The summed E-state index contributed by atoms with van der Waals surface area (Å²) in [7, 11) is 1.26. The molecule has 0 aliphatic carbocycles. The van der Waals surface area contributed by atoms with Gasteiger partial charge in [-0.2, -0.15) is 0 Å². The molecular formula is C16H21N3O4. The Morgan fingerprint density at radius 1 is 1.13 bits per heavy atom. The Morgan fingerprint density at radius 2 is 1.78 bits per heavy atom. The molecule has 23 heavy (non-hydrogen) atoms. The van der Waals surface area contributed by atoms with E-state index in [2.05, 4.69) is 21.9 Å². The number of amides is 2. The summed E-state index contributed by atoms with van der Waals surface area (Å²) in [5.74, 6) is -1.89. The van der Waals surface area contributed by atoms with Crippen LogP contribution in [0, 0.1) is 0 Å². The molecule has 1 aliphatic rings. The number of anilines is 1. The first-order valence-corrected chi connectivity index (χ1v) is 7.56. The SMILES string of the molecule is CCN1CCN(C(=O)C(=O)Nc2ccccc2C(=O)OC)CC1. The van der Waals surface area contributed by atoms with Crippen LogP contribution in [-0.4, -0.2) is 67.4 Å². The van der Waals surface area contributed by atoms with Crippen LogP contribution in [0.3, 0.4) is 0 Å². The third-order valence-electron chi connectivity index (χ3n) is 3.88. The summed E-state index contributed by atoms with van der Waals surface area (Å²) in [5, 5.41) is 2.50. The van der Waals surface area contributed by atoms with Crippen LogP contribution in [0.15, 0.2) is 24.3 Å². The van der Waals surface area contributed by atoms with Gasteiger partial charge in [-0.15, -0.1) is 0 Å². The number of carbonyl (C=O) groups excluding carboxylic acids is 3. The smallest absolute Gasteiger partial charge is 0.339 e. The lowest BCUT2D eigenvalue weighted by molar-refractivity contribution is -0.144. The Bertz CT molecular complexity index is 595. The Kier molecular flexibility index (Phi) is 5.70. The van der Waals surface area contributed by atoms with Crippen LogP contribution in [0.25, 0.3) is 0 Å². The second-order valence-corrected chi connectivity index (χ2v) is 5.22. The minimum absolute atomic E-state index is 0.215. The van der Waals surface area contributed by atoms with E-state index in [0.29, 0.717) is 13.1 Å². The fourth-order valence-corrected chi connectivity index (χ4v) is 2.47. The number of likely N-dealkylation sites (N-methyl/N-ethyl adjacent to an activating group) is 1. The van der Waals surface area contributed by atoms with Crippen LogP contribution < -0.4 is 5.32 Å². The number of nitrogens with zero attached hydrogens (tertiary/aromatic N) is 2. The maximum absolute atomic E-state index is 12.2. The van der Waals surface area contributed by atoms with Crippen molar-refractivity contribution in [2.75, 3.05) is 45.2 Å². The number of piperazine rings is 1. The van der Waals surface area contributed by atoms with Gasteiger partial charge in [0.15, 0.2) is 0 Å². The molecule has 1 fully saturated rings. The molecule has 1 aliphatic heterocycles. The Balaban J connectivity index is 2.02. The first-order chi connectivity index (χ1) is 11.1. The van der Waals surface area contributed by atoms with Gasteiger partial charge in [0.25, 0.3) is 0 Å². The average molecular weight is 319 g/mol. The molecule has 0 unspecified atom stereocenters. The number of nitrogens with one attached hydrogen (secondary N) is 1. The summed E-state index contributed by atoms with van der Waals surface area (Å²) in [4.78, 5) is 39.8. The Labute approximate surface area is 135 Å². The van der Waals surface area contributed by atoms with E-state index in [0.717, 1.165) is 19.6 Å². The highest BCUT2D eigenvalue weighted by atomic mass is 16.5. The normalized spacial score (nSPS) is 15.1. The fourth-order valence-electron chi connectivity index (χ4n) is 2.47. The molecule has 1 heterocycles. The lowest BCUT2D eigenvalue weighted by Gasteiger charge is -2.33. The first kappa shape index (κ1) is 17.0. The maximum atomic E-state index is 12.2. The lowest BCUT2D eigenvalue weighted by Crippen LogP contribution is -2.51. The molecule has 2 amide bonds. The van der Waals surface area contributed by atoms with E-state index in [4.69, 9.17) is 0 Å². The van der Waals surface area contributed by atoms with Gasteiger partial charge in [0, 0.05) is 26.2 Å². The van der Waals surface area contributed by atoms with Gasteiger partial charge < -0.3 is 19.9 Å². The number of benzene rings is 1. The molecule has 0 spiro atoms. The molecular weight excluding hydrogens is 298 g/mol. The quantitative estimate of drug-likeness (QED) is 0.651. The van der Waals surface area contributed by atoms with Crippen molar-refractivity contribution >= 4 is 23.5 Å². The van der Waals surface area contributed by atoms with Crippen molar-refractivity contribution in [3.05, 3.63) is 29.8 Å². The second kappa shape index (κ2) is 7.73. The van der Waals surface area contributed by atoms with Crippen molar-refractivity contribution in [3.63, 3.8) is 0 Å². The van der Waals surface area contributed by atoms with E-state index in [1.54, 1.807) is 18.2 Å². The topological polar surface area (TPSA) is 79.0 Å². The summed E-state index contributed by atoms with van der Waals surface area (Å²) in [6.45, 7) is 5.56. The van der Waals surface area contributed by atoms with Gasteiger partial charge in [-0.1, -0.05) is 19.1 Å². The van der Waals surface area contributed by atoms with Crippen molar-refractivity contribution in [2.24, 2.45) is 0 Å². The molecule has 1 aromatic rings. The standard InChI is InChI=1S/C16H21N3O4/c1-3-18-8-10-19(11-9-18)15(21)14(20)17-13-7-5-4-6-12(13)16(22)23-2/h4-7H,3,8-11H2,1-2H3,(H,17,20). The molecule has 7 heteroatoms. The molecule has 0 aromatic heterocycles. The minimum Gasteiger partial charge on any atom is -0.465 e. The fraction of sp³-hybridized carbons (Fsp3) is 0.438. The first-order valence-electron chi connectivity index (χ1n) is 7.56. The molecule has 2 rings (SSSR count). The lowest BCUT2D eigenvalue weighted by atomic mass is 10.1. The zero-order valence-electron chi connectivity index (χ0n) is 13.4. The predicted molar refractivity (Wildman–Crippen MR) is 85.1 cm³/mol. The Hall–Kier alpha value is -2.41. The molecule has 1 saturated heterocycles. The van der Waals surface area contributed by atoms with Gasteiger partial charge in [0.2, 0.25) is 0 Å². The van der Waals surface area contributed by atoms with Crippen LogP contribution in [0.1, 0.15) is 17.3 Å². The van der Waals surface area contributed by atoms with Crippen LogP contribution in [-0.2, 0) is 14.3 Å². The molecule has 0 bridgehead atoms. The van der Waals surface area contributed by atoms with Crippen LogP contribution in [0.2, 0.25) is 0 Å². The van der Waals surface area contributed by atoms with Crippen molar-refractivity contribution in [3.8, 4) is 0 Å². The van der Waals surface area contributed by atoms with E-state index >= 15 is 0 Å². The summed E-state index contributed by atoms with van der Waals surface area (Å²) < 4.78 is 4.67. The van der Waals surface area contributed by atoms with Gasteiger partial charge >= 0.3 is 17.8 Å². The highest BCUT2D eigenvalue weighted by Gasteiger charge is 2.26. The molecule has 7 nitrogen and oxygen atoms in total. The number of hydrogen-bond donors (Lipinski definition) is 1. The van der Waals surface area contributed by atoms with Gasteiger partial charge in [-0.3, -0.25) is 9.59 Å². The molecule has 124 valence electrons. The van der Waals surface area contributed by atoms with E-state index in [1.165, 1.54) is 18.1 Å². The van der Waals surface area contributed by atoms with Crippen LogP contribution >= 0.6 is 0 Å². The van der Waals surface area contributed by atoms with Gasteiger partial charge in [-0.25, -0.2) is 4.79 Å².